The predicted octanol–water partition coefficient (Wildman–Crippen LogP) is 3.68. The van der Waals surface area contributed by atoms with E-state index >= 15 is 0 Å². The van der Waals surface area contributed by atoms with Gasteiger partial charge in [0.25, 0.3) is 0 Å². The van der Waals surface area contributed by atoms with E-state index in [1.54, 1.807) is 6.07 Å². The van der Waals surface area contributed by atoms with Gasteiger partial charge in [0, 0.05) is 12.4 Å². The smallest absolute Gasteiger partial charge is 0.281 e. The van der Waals surface area contributed by atoms with E-state index in [1.165, 1.54) is 23.1 Å². The van der Waals surface area contributed by atoms with Crippen molar-refractivity contribution in [3.8, 4) is 5.69 Å². The standard InChI is InChI=1S/C15H18F3N3O2S/c1-11(2)6-9-24(22,23)20-13-10-12(15(16,17)18)4-5-14(13)21-8-3-7-19-21/h3-5,7-8,10-11,20H,6,9H2,1-2H3. The van der Waals surface area contributed by atoms with Crippen LogP contribution in [0.25, 0.3) is 5.69 Å². The van der Waals surface area contributed by atoms with Crippen LogP contribution in [0.4, 0.5) is 18.9 Å². The number of nitrogens with one attached hydrogen (secondary N) is 1. The van der Waals surface area contributed by atoms with Crippen molar-refractivity contribution < 1.29 is 21.6 Å². The molecular weight excluding hydrogens is 343 g/mol. The molecule has 24 heavy (non-hydrogen) atoms. The summed E-state index contributed by atoms with van der Waals surface area (Å²) in [5.74, 6) is -0.00640. The fourth-order valence-corrected chi connectivity index (χ4v) is 3.40. The van der Waals surface area contributed by atoms with Gasteiger partial charge in [0.2, 0.25) is 10.0 Å². The third-order valence-corrected chi connectivity index (χ3v) is 4.61. The van der Waals surface area contributed by atoms with E-state index in [0.29, 0.717) is 6.42 Å². The molecule has 132 valence electrons. The van der Waals surface area contributed by atoms with Crippen LogP contribution < -0.4 is 4.72 Å². The molecule has 2 aromatic rings. The molecule has 2 rings (SSSR count). The van der Waals surface area contributed by atoms with Crippen LogP contribution in [0.3, 0.4) is 0 Å². The summed E-state index contributed by atoms with van der Waals surface area (Å²) >= 11 is 0. The Morgan fingerprint density at radius 3 is 2.54 bits per heavy atom. The number of benzene rings is 1. The Labute approximate surface area is 138 Å². The second-order valence-electron chi connectivity index (χ2n) is 5.78. The van der Waals surface area contributed by atoms with Crippen molar-refractivity contribution in [2.24, 2.45) is 5.92 Å². The van der Waals surface area contributed by atoms with Crippen LogP contribution in [-0.4, -0.2) is 24.0 Å². The summed E-state index contributed by atoms with van der Waals surface area (Å²) in [5.41, 5.74) is -0.863. The number of alkyl halides is 3. The van der Waals surface area contributed by atoms with Gasteiger partial charge in [-0.1, -0.05) is 13.8 Å². The van der Waals surface area contributed by atoms with Gasteiger partial charge in [0.1, 0.15) is 0 Å². The summed E-state index contributed by atoms with van der Waals surface area (Å²) in [6.45, 7) is 3.74. The van der Waals surface area contributed by atoms with Crippen LogP contribution in [0.1, 0.15) is 25.8 Å². The van der Waals surface area contributed by atoms with Crippen LogP contribution >= 0.6 is 0 Å². The molecule has 0 saturated heterocycles. The van der Waals surface area contributed by atoms with Crippen molar-refractivity contribution in [3.63, 3.8) is 0 Å². The van der Waals surface area contributed by atoms with Crippen molar-refractivity contribution >= 4 is 15.7 Å². The Morgan fingerprint density at radius 2 is 2.00 bits per heavy atom. The third-order valence-electron chi connectivity index (χ3n) is 3.30. The molecule has 0 radical (unpaired) electrons. The number of sulfonamides is 1. The zero-order valence-electron chi connectivity index (χ0n) is 13.2. The molecule has 0 aliphatic carbocycles. The first-order valence-electron chi connectivity index (χ1n) is 7.30. The van der Waals surface area contributed by atoms with E-state index in [0.717, 1.165) is 12.1 Å². The van der Waals surface area contributed by atoms with Gasteiger partial charge < -0.3 is 0 Å². The predicted molar refractivity (Wildman–Crippen MR) is 85.4 cm³/mol. The fourth-order valence-electron chi connectivity index (χ4n) is 2.01. The van der Waals surface area contributed by atoms with Gasteiger partial charge in [-0.05, 0) is 36.6 Å². The maximum atomic E-state index is 12.9. The Morgan fingerprint density at radius 1 is 1.29 bits per heavy atom. The zero-order chi connectivity index (χ0) is 18.0. The van der Waals surface area contributed by atoms with E-state index < -0.39 is 21.8 Å². The van der Waals surface area contributed by atoms with Gasteiger partial charge >= 0.3 is 6.18 Å². The average molecular weight is 361 g/mol. The lowest BCUT2D eigenvalue weighted by molar-refractivity contribution is -0.137. The summed E-state index contributed by atoms with van der Waals surface area (Å²) in [6, 6.07) is 4.46. The summed E-state index contributed by atoms with van der Waals surface area (Å²) in [6.07, 6.45) is -1.19. The number of halogens is 3. The summed E-state index contributed by atoms with van der Waals surface area (Å²) in [5, 5.41) is 3.94. The molecule has 1 heterocycles. The van der Waals surface area contributed by atoms with E-state index in [2.05, 4.69) is 9.82 Å². The van der Waals surface area contributed by atoms with E-state index in [-0.39, 0.29) is 23.0 Å². The summed E-state index contributed by atoms with van der Waals surface area (Å²) in [7, 11) is -3.76. The molecule has 0 aliphatic rings. The molecule has 0 amide bonds. The maximum absolute atomic E-state index is 12.9. The minimum Gasteiger partial charge on any atom is -0.281 e. The molecule has 1 aromatic heterocycles. The molecule has 1 aromatic carbocycles. The van der Waals surface area contributed by atoms with Crippen LogP contribution in [0.2, 0.25) is 0 Å². The van der Waals surface area contributed by atoms with Crippen molar-refractivity contribution in [2.45, 2.75) is 26.4 Å². The summed E-state index contributed by atoms with van der Waals surface area (Å²) < 4.78 is 66.7. The second kappa shape index (κ2) is 6.84. The van der Waals surface area contributed by atoms with Crippen LogP contribution in [0, 0.1) is 5.92 Å². The molecular formula is C15H18F3N3O2S. The van der Waals surface area contributed by atoms with E-state index in [9.17, 15) is 21.6 Å². The molecule has 5 nitrogen and oxygen atoms in total. The highest BCUT2D eigenvalue weighted by Crippen LogP contribution is 2.33. The monoisotopic (exact) mass is 361 g/mol. The normalized spacial score (nSPS) is 12.6. The van der Waals surface area contributed by atoms with Crippen LogP contribution in [-0.2, 0) is 16.2 Å². The lowest BCUT2D eigenvalue weighted by Crippen LogP contribution is -2.20. The molecule has 0 fully saturated rings. The maximum Gasteiger partial charge on any atom is 0.416 e. The number of anilines is 1. The van der Waals surface area contributed by atoms with Gasteiger partial charge in [-0.25, -0.2) is 13.1 Å². The molecule has 0 atom stereocenters. The topological polar surface area (TPSA) is 64.0 Å². The average Bonchev–Trinajstić information content (AvgIpc) is 2.98. The Bertz CT molecular complexity index is 785. The first-order chi connectivity index (χ1) is 11.1. The van der Waals surface area contributed by atoms with Crippen molar-refractivity contribution in [1.82, 2.24) is 9.78 Å². The molecule has 0 saturated carbocycles. The minimum atomic E-state index is -4.57. The van der Waals surface area contributed by atoms with Gasteiger partial charge in [-0.2, -0.15) is 18.3 Å². The van der Waals surface area contributed by atoms with Crippen molar-refractivity contribution in [1.29, 1.82) is 0 Å². The third kappa shape index (κ3) is 4.73. The highest BCUT2D eigenvalue weighted by molar-refractivity contribution is 7.92. The largest absolute Gasteiger partial charge is 0.416 e. The Balaban J connectivity index is 2.41. The van der Waals surface area contributed by atoms with Gasteiger partial charge in [0.05, 0.1) is 22.7 Å². The molecule has 0 bridgehead atoms. The highest BCUT2D eigenvalue weighted by Gasteiger charge is 2.31. The number of nitrogens with zero attached hydrogens (tertiary/aromatic N) is 2. The first kappa shape index (κ1) is 18.3. The highest BCUT2D eigenvalue weighted by atomic mass is 32.2. The Kier molecular flexibility index (Phi) is 5.22. The number of hydrogen-bond donors (Lipinski definition) is 1. The molecule has 9 heteroatoms. The SMILES string of the molecule is CC(C)CCS(=O)(=O)Nc1cc(C(F)(F)F)ccc1-n1cccn1. The number of aromatic nitrogens is 2. The lowest BCUT2D eigenvalue weighted by Gasteiger charge is -2.16. The molecule has 0 spiro atoms. The molecule has 0 unspecified atom stereocenters. The van der Waals surface area contributed by atoms with E-state index in [1.807, 2.05) is 13.8 Å². The second-order valence-corrected chi connectivity index (χ2v) is 7.63. The fraction of sp³-hybridized carbons (Fsp3) is 0.400. The van der Waals surface area contributed by atoms with Gasteiger partial charge in [-0.3, -0.25) is 4.72 Å². The molecule has 0 aliphatic heterocycles. The lowest BCUT2D eigenvalue weighted by atomic mass is 10.1. The van der Waals surface area contributed by atoms with Gasteiger partial charge in [-0.15, -0.1) is 0 Å². The molecule has 1 N–H and O–H groups in total. The van der Waals surface area contributed by atoms with Gasteiger partial charge in [0.15, 0.2) is 0 Å². The van der Waals surface area contributed by atoms with Crippen LogP contribution in [0.15, 0.2) is 36.7 Å². The zero-order valence-corrected chi connectivity index (χ0v) is 14.0. The minimum absolute atomic E-state index is 0.155. The quantitative estimate of drug-likeness (QED) is 0.854. The van der Waals surface area contributed by atoms with Crippen molar-refractivity contribution in [3.05, 3.63) is 42.2 Å². The number of hydrogen-bond acceptors (Lipinski definition) is 3. The number of rotatable bonds is 6. The van der Waals surface area contributed by atoms with E-state index in [4.69, 9.17) is 0 Å². The first-order valence-corrected chi connectivity index (χ1v) is 8.95. The van der Waals surface area contributed by atoms with Crippen LogP contribution in [0.5, 0.6) is 0 Å². The van der Waals surface area contributed by atoms with Crippen molar-refractivity contribution in [2.75, 3.05) is 10.5 Å². The summed E-state index contributed by atoms with van der Waals surface area (Å²) in [4.78, 5) is 0. The Hall–Kier alpha value is -2.03.